The smallest absolute Gasteiger partial charge is 0.241 e. The van der Waals surface area contributed by atoms with Gasteiger partial charge >= 0.3 is 0 Å². The number of piperazine rings is 1. The zero-order valence-corrected chi connectivity index (χ0v) is 18.0. The van der Waals surface area contributed by atoms with Crippen LogP contribution in [0.5, 0.6) is 5.75 Å². The minimum Gasteiger partial charge on any atom is -0.495 e. The van der Waals surface area contributed by atoms with Gasteiger partial charge in [-0.3, -0.25) is 9.69 Å². The molecule has 160 valence electrons. The fraction of sp³-hybridized carbons (Fsp3) is 0.381. The summed E-state index contributed by atoms with van der Waals surface area (Å²) >= 11 is 6.23. The number of ether oxygens (including phenoxy) is 1. The summed E-state index contributed by atoms with van der Waals surface area (Å²) in [4.78, 5) is 16.5. The van der Waals surface area contributed by atoms with Gasteiger partial charge in [0, 0.05) is 18.3 Å². The predicted molar refractivity (Wildman–Crippen MR) is 113 cm³/mol. The molecule has 0 saturated carbocycles. The Kier molecular flexibility index (Phi) is 5.74. The minimum atomic E-state index is -3.28. The molecule has 2 atom stereocenters. The molecular formula is C21H22ClFN2O4S. The molecule has 0 unspecified atom stereocenters. The van der Waals surface area contributed by atoms with Crippen molar-refractivity contribution in [3.8, 4) is 5.75 Å². The molecule has 0 N–H and O–H groups in total. The lowest BCUT2D eigenvalue weighted by molar-refractivity contribution is -0.123. The average Bonchev–Trinajstić information content (AvgIpc) is 3.02. The van der Waals surface area contributed by atoms with Crippen molar-refractivity contribution >= 4 is 33.0 Å². The maximum absolute atomic E-state index is 13.1. The van der Waals surface area contributed by atoms with Gasteiger partial charge in [0.2, 0.25) is 5.91 Å². The van der Waals surface area contributed by atoms with Crippen molar-refractivity contribution in [2.75, 3.05) is 36.6 Å². The summed E-state index contributed by atoms with van der Waals surface area (Å²) < 4.78 is 43.2. The molecule has 2 aromatic carbocycles. The minimum absolute atomic E-state index is 0.00868. The molecule has 2 aliphatic rings. The van der Waals surface area contributed by atoms with Crippen LogP contribution in [-0.4, -0.2) is 63.0 Å². The van der Waals surface area contributed by atoms with Crippen molar-refractivity contribution < 1.29 is 22.3 Å². The Morgan fingerprint density at radius 3 is 2.50 bits per heavy atom. The van der Waals surface area contributed by atoms with Gasteiger partial charge in [0.25, 0.3) is 0 Å². The lowest BCUT2D eigenvalue weighted by Crippen LogP contribution is -2.62. The number of carbonyl (C=O) groups is 1. The van der Waals surface area contributed by atoms with Crippen LogP contribution in [0.3, 0.4) is 0 Å². The Labute approximate surface area is 180 Å². The maximum Gasteiger partial charge on any atom is 0.241 e. The number of carbonyl (C=O) groups excluding carboxylic acids is 1. The van der Waals surface area contributed by atoms with E-state index in [1.54, 1.807) is 35.2 Å². The van der Waals surface area contributed by atoms with Crippen molar-refractivity contribution in [2.24, 2.45) is 0 Å². The van der Waals surface area contributed by atoms with Gasteiger partial charge in [-0.05, 0) is 42.3 Å². The topological polar surface area (TPSA) is 66.9 Å². The van der Waals surface area contributed by atoms with Gasteiger partial charge < -0.3 is 9.64 Å². The Morgan fingerprint density at radius 2 is 1.83 bits per heavy atom. The largest absolute Gasteiger partial charge is 0.495 e. The van der Waals surface area contributed by atoms with Crippen molar-refractivity contribution in [2.45, 2.75) is 18.5 Å². The van der Waals surface area contributed by atoms with E-state index in [0.717, 1.165) is 5.56 Å². The van der Waals surface area contributed by atoms with E-state index >= 15 is 0 Å². The number of benzene rings is 2. The lowest BCUT2D eigenvalue weighted by atomic mass is 10.0. The molecule has 2 fully saturated rings. The van der Waals surface area contributed by atoms with E-state index in [9.17, 15) is 17.6 Å². The Balaban J connectivity index is 1.59. The summed E-state index contributed by atoms with van der Waals surface area (Å²) in [5, 5.41) is 0.360. The maximum atomic E-state index is 13.1. The standard InChI is InChI=1S/C21H22ClFN2O4S/c1-29-20-7-6-16(10-17(20)22)25-19-13-30(27,28)12-18(19)24(11-21(25)26)9-8-14-2-4-15(23)5-3-14/h2-7,10,18-19H,8-9,11-13H2,1H3/t18-,19+/m0/s1. The SMILES string of the molecule is COc1ccc(N2C(=O)CN(CCc3ccc(F)cc3)[C@H]3CS(=O)(=O)C[C@H]32)cc1Cl. The number of amides is 1. The number of nitrogens with zero attached hydrogens (tertiary/aromatic N) is 2. The van der Waals surface area contributed by atoms with Crippen molar-refractivity contribution in [1.82, 2.24) is 4.90 Å². The van der Waals surface area contributed by atoms with Crippen LogP contribution in [0.2, 0.25) is 5.02 Å². The fourth-order valence-corrected chi connectivity index (χ4v) is 6.50. The van der Waals surface area contributed by atoms with Crippen LogP contribution in [0.15, 0.2) is 42.5 Å². The van der Waals surface area contributed by atoms with Gasteiger partial charge in [-0.2, -0.15) is 0 Å². The molecule has 2 saturated heterocycles. The van der Waals surface area contributed by atoms with Crippen LogP contribution in [0.25, 0.3) is 0 Å². The Morgan fingerprint density at radius 1 is 1.13 bits per heavy atom. The highest BCUT2D eigenvalue weighted by atomic mass is 35.5. The number of fused-ring (bicyclic) bond motifs is 1. The van der Waals surface area contributed by atoms with E-state index in [2.05, 4.69) is 0 Å². The summed E-state index contributed by atoms with van der Waals surface area (Å²) in [7, 11) is -1.77. The Hall–Kier alpha value is -2.16. The summed E-state index contributed by atoms with van der Waals surface area (Å²) in [5.41, 5.74) is 1.50. The molecule has 6 nitrogen and oxygen atoms in total. The quantitative estimate of drug-likeness (QED) is 0.697. The fourth-order valence-electron chi connectivity index (χ4n) is 4.27. The second kappa shape index (κ2) is 8.17. The van der Waals surface area contributed by atoms with Crippen LogP contribution < -0.4 is 9.64 Å². The molecule has 9 heteroatoms. The normalized spacial score (nSPS) is 23.4. The van der Waals surface area contributed by atoms with Crippen LogP contribution in [0.1, 0.15) is 5.56 Å². The molecule has 2 heterocycles. The zero-order chi connectivity index (χ0) is 21.5. The zero-order valence-electron chi connectivity index (χ0n) is 16.4. The summed E-state index contributed by atoms with van der Waals surface area (Å²) in [6.07, 6.45) is 0.602. The first-order chi connectivity index (χ1) is 14.3. The first kappa shape index (κ1) is 21.1. The second-order valence-corrected chi connectivity index (χ2v) is 10.2. The number of hydrogen-bond donors (Lipinski definition) is 0. The molecule has 0 aliphatic carbocycles. The molecule has 1 amide bonds. The number of methoxy groups -OCH3 is 1. The third-order valence-corrected chi connectivity index (χ3v) is 7.71. The monoisotopic (exact) mass is 452 g/mol. The van der Waals surface area contributed by atoms with Crippen LogP contribution in [0.4, 0.5) is 10.1 Å². The molecule has 2 aliphatic heterocycles. The van der Waals surface area contributed by atoms with E-state index in [0.29, 0.717) is 29.4 Å². The summed E-state index contributed by atoms with van der Waals surface area (Å²) in [6, 6.07) is 10.5. The molecule has 30 heavy (non-hydrogen) atoms. The second-order valence-electron chi connectivity index (χ2n) is 7.64. The van der Waals surface area contributed by atoms with Gasteiger partial charge in [0.05, 0.1) is 36.2 Å². The lowest BCUT2D eigenvalue weighted by Gasteiger charge is -2.43. The van der Waals surface area contributed by atoms with Crippen LogP contribution in [-0.2, 0) is 21.1 Å². The number of anilines is 1. The summed E-state index contributed by atoms with van der Waals surface area (Å²) in [5.74, 6) is -0.0628. The predicted octanol–water partition coefficient (Wildman–Crippen LogP) is 2.54. The van der Waals surface area contributed by atoms with E-state index in [-0.39, 0.29) is 35.8 Å². The highest BCUT2D eigenvalue weighted by Crippen LogP contribution is 2.35. The highest BCUT2D eigenvalue weighted by Gasteiger charge is 2.49. The average molecular weight is 453 g/mol. The molecule has 0 aromatic heterocycles. The van der Waals surface area contributed by atoms with Crippen LogP contribution in [0, 0.1) is 5.82 Å². The third-order valence-electron chi connectivity index (χ3n) is 5.72. The number of halogens is 2. The van der Waals surface area contributed by atoms with Gasteiger partial charge in [-0.1, -0.05) is 23.7 Å². The highest BCUT2D eigenvalue weighted by molar-refractivity contribution is 7.91. The van der Waals surface area contributed by atoms with Gasteiger partial charge in [-0.25, -0.2) is 12.8 Å². The number of sulfone groups is 1. The number of hydrogen-bond acceptors (Lipinski definition) is 5. The van der Waals surface area contributed by atoms with E-state index in [1.807, 2.05) is 4.90 Å². The molecule has 4 rings (SSSR count). The van der Waals surface area contributed by atoms with E-state index < -0.39 is 15.9 Å². The molecule has 0 bridgehead atoms. The first-order valence-corrected chi connectivity index (χ1v) is 11.8. The summed E-state index contributed by atoms with van der Waals surface area (Å²) in [6.45, 7) is 0.632. The van der Waals surface area contributed by atoms with Crippen molar-refractivity contribution in [3.63, 3.8) is 0 Å². The first-order valence-electron chi connectivity index (χ1n) is 9.62. The van der Waals surface area contributed by atoms with Crippen molar-refractivity contribution in [1.29, 1.82) is 0 Å². The molecular weight excluding hydrogens is 431 g/mol. The van der Waals surface area contributed by atoms with Gasteiger partial charge in [0.15, 0.2) is 9.84 Å². The van der Waals surface area contributed by atoms with E-state index in [1.165, 1.54) is 19.2 Å². The third kappa shape index (κ3) is 4.17. The number of rotatable bonds is 5. The molecule has 2 aromatic rings. The van der Waals surface area contributed by atoms with E-state index in [4.69, 9.17) is 16.3 Å². The van der Waals surface area contributed by atoms with Gasteiger partial charge in [-0.15, -0.1) is 0 Å². The Bertz CT molecular complexity index is 1060. The molecule has 0 spiro atoms. The van der Waals surface area contributed by atoms with Crippen molar-refractivity contribution in [3.05, 3.63) is 58.9 Å². The van der Waals surface area contributed by atoms with Crippen LogP contribution >= 0.6 is 11.6 Å². The van der Waals surface area contributed by atoms with Gasteiger partial charge in [0.1, 0.15) is 11.6 Å². The molecule has 0 radical (unpaired) electrons.